The first kappa shape index (κ1) is 16.2. The fraction of sp³-hybridized carbons (Fsp3) is 0.263. The molecule has 5 heteroatoms. The summed E-state index contributed by atoms with van der Waals surface area (Å²) in [5.74, 6) is -1.45. The van der Waals surface area contributed by atoms with Gasteiger partial charge in [0, 0.05) is 17.3 Å². The van der Waals surface area contributed by atoms with Crippen LogP contribution in [0.15, 0.2) is 48.5 Å². The second-order valence-electron chi connectivity index (χ2n) is 5.90. The van der Waals surface area contributed by atoms with Crippen LogP contribution in [-0.2, 0) is 9.53 Å². The van der Waals surface area contributed by atoms with E-state index in [0.717, 1.165) is 5.56 Å². The number of hydrogen-bond acceptors (Lipinski definition) is 3. The first-order chi connectivity index (χ1) is 11.5. The predicted octanol–water partition coefficient (Wildman–Crippen LogP) is 3.52. The standard InChI is InChI=1S/C19H18FNO3/c1-12-10-16(19(23)24-2)15-8-3-4-9-17(15)21(12)18(22)13-6-5-7-14(20)11-13/h3-9,11-12,16H,10H2,1-2H3. The summed E-state index contributed by atoms with van der Waals surface area (Å²) >= 11 is 0. The summed E-state index contributed by atoms with van der Waals surface area (Å²) < 4.78 is 18.4. The minimum absolute atomic E-state index is 0.209. The molecule has 1 aliphatic rings. The SMILES string of the molecule is COC(=O)C1CC(C)N(C(=O)c2cccc(F)c2)c2ccccc21. The van der Waals surface area contributed by atoms with Crippen molar-refractivity contribution in [1.82, 2.24) is 0 Å². The van der Waals surface area contributed by atoms with Crippen LogP contribution in [0, 0.1) is 5.82 Å². The van der Waals surface area contributed by atoms with Gasteiger partial charge in [-0.1, -0.05) is 24.3 Å². The number of para-hydroxylation sites is 1. The predicted molar refractivity (Wildman–Crippen MR) is 88.5 cm³/mol. The van der Waals surface area contributed by atoms with Crippen LogP contribution in [0.2, 0.25) is 0 Å². The normalized spacial score (nSPS) is 19.5. The largest absolute Gasteiger partial charge is 0.469 e. The van der Waals surface area contributed by atoms with Gasteiger partial charge in [0.15, 0.2) is 0 Å². The molecule has 2 aromatic carbocycles. The molecule has 0 radical (unpaired) electrons. The highest BCUT2D eigenvalue weighted by molar-refractivity contribution is 6.07. The summed E-state index contributed by atoms with van der Waals surface area (Å²) in [6.07, 6.45) is 0.463. The van der Waals surface area contributed by atoms with E-state index in [4.69, 9.17) is 4.74 Å². The van der Waals surface area contributed by atoms with Crippen LogP contribution >= 0.6 is 0 Å². The van der Waals surface area contributed by atoms with Crippen molar-refractivity contribution in [3.63, 3.8) is 0 Å². The van der Waals surface area contributed by atoms with Gasteiger partial charge in [0.2, 0.25) is 0 Å². The minimum atomic E-state index is -0.453. The molecule has 124 valence electrons. The van der Waals surface area contributed by atoms with Crippen molar-refractivity contribution in [3.05, 3.63) is 65.5 Å². The number of carbonyl (C=O) groups is 2. The molecule has 0 aromatic heterocycles. The average Bonchev–Trinajstić information content (AvgIpc) is 2.60. The van der Waals surface area contributed by atoms with Crippen molar-refractivity contribution in [1.29, 1.82) is 0 Å². The van der Waals surface area contributed by atoms with E-state index in [1.807, 2.05) is 25.1 Å². The Morgan fingerprint density at radius 3 is 2.62 bits per heavy atom. The Labute approximate surface area is 139 Å². The number of hydrogen-bond donors (Lipinski definition) is 0. The number of carbonyl (C=O) groups excluding carboxylic acids is 2. The Morgan fingerprint density at radius 1 is 1.17 bits per heavy atom. The number of anilines is 1. The van der Waals surface area contributed by atoms with E-state index in [0.29, 0.717) is 12.1 Å². The monoisotopic (exact) mass is 327 g/mol. The van der Waals surface area contributed by atoms with E-state index < -0.39 is 11.7 Å². The number of methoxy groups -OCH3 is 1. The Kier molecular flexibility index (Phi) is 4.34. The molecule has 2 aromatic rings. The van der Waals surface area contributed by atoms with E-state index in [1.54, 1.807) is 17.0 Å². The average molecular weight is 327 g/mol. The van der Waals surface area contributed by atoms with E-state index >= 15 is 0 Å². The van der Waals surface area contributed by atoms with Crippen molar-refractivity contribution in [2.75, 3.05) is 12.0 Å². The van der Waals surface area contributed by atoms with Crippen molar-refractivity contribution in [2.24, 2.45) is 0 Å². The van der Waals surface area contributed by atoms with Gasteiger partial charge in [0.1, 0.15) is 5.82 Å². The highest BCUT2D eigenvalue weighted by Crippen LogP contribution is 2.39. The number of esters is 1. The molecule has 1 aliphatic heterocycles. The van der Waals surface area contributed by atoms with Crippen LogP contribution in [0.25, 0.3) is 0 Å². The highest BCUT2D eigenvalue weighted by Gasteiger charge is 2.37. The lowest BCUT2D eigenvalue weighted by atomic mass is 9.85. The molecule has 2 atom stereocenters. The van der Waals surface area contributed by atoms with Gasteiger partial charge in [0.05, 0.1) is 13.0 Å². The van der Waals surface area contributed by atoms with Crippen LogP contribution in [0.4, 0.5) is 10.1 Å². The van der Waals surface area contributed by atoms with E-state index in [9.17, 15) is 14.0 Å². The topological polar surface area (TPSA) is 46.6 Å². The fourth-order valence-corrected chi connectivity index (χ4v) is 3.25. The zero-order chi connectivity index (χ0) is 17.3. The molecule has 3 rings (SSSR count). The molecule has 1 amide bonds. The fourth-order valence-electron chi connectivity index (χ4n) is 3.25. The number of halogens is 1. The summed E-state index contributed by atoms with van der Waals surface area (Å²) in [5.41, 5.74) is 1.71. The molecule has 0 aliphatic carbocycles. The molecule has 4 nitrogen and oxygen atoms in total. The lowest BCUT2D eigenvalue weighted by Crippen LogP contribution is -2.44. The second kappa shape index (κ2) is 6.43. The summed E-state index contributed by atoms with van der Waals surface area (Å²) in [6.45, 7) is 1.88. The van der Waals surface area contributed by atoms with Crippen LogP contribution in [0.5, 0.6) is 0 Å². The number of fused-ring (bicyclic) bond motifs is 1. The molecule has 0 spiro atoms. The van der Waals surface area contributed by atoms with Gasteiger partial charge < -0.3 is 9.64 Å². The maximum absolute atomic E-state index is 13.5. The zero-order valence-electron chi connectivity index (χ0n) is 13.5. The van der Waals surface area contributed by atoms with Crippen molar-refractivity contribution < 1.29 is 18.7 Å². The zero-order valence-corrected chi connectivity index (χ0v) is 13.5. The molecule has 2 unspecified atom stereocenters. The summed E-state index contributed by atoms with van der Waals surface area (Å²) in [4.78, 5) is 26.6. The quantitative estimate of drug-likeness (QED) is 0.793. The van der Waals surface area contributed by atoms with Crippen molar-refractivity contribution >= 4 is 17.6 Å². The lowest BCUT2D eigenvalue weighted by molar-refractivity contribution is -0.142. The maximum Gasteiger partial charge on any atom is 0.313 e. The minimum Gasteiger partial charge on any atom is -0.469 e. The molecule has 0 saturated heterocycles. The van der Waals surface area contributed by atoms with Crippen LogP contribution in [0.3, 0.4) is 0 Å². The highest BCUT2D eigenvalue weighted by atomic mass is 19.1. The summed E-state index contributed by atoms with van der Waals surface area (Å²) in [6, 6.07) is 12.7. The molecule has 0 bridgehead atoms. The van der Waals surface area contributed by atoms with Gasteiger partial charge in [0.25, 0.3) is 5.91 Å². The third kappa shape index (κ3) is 2.77. The molecule has 1 heterocycles. The van der Waals surface area contributed by atoms with Crippen LogP contribution in [-0.4, -0.2) is 25.0 Å². The Morgan fingerprint density at radius 2 is 1.92 bits per heavy atom. The van der Waals surface area contributed by atoms with E-state index in [-0.39, 0.29) is 23.5 Å². The summed E-state index contributed by atoms with van der Waals surface area (Å²) in [5, 5.41) is 0. The molecule has 0 saturated carbocycles. The number of nitrogens with zero attached hydrogens (tertiary/aromatic N) is 1. The smallest absolute Gasteiger partial charge is 0.313 e. The Hall–Kier alpha value is -2.69. The van der Waals surface area contributed by atoms with Gasteiger partial charge >= 0.3 is 5.97 Å². The Balaban J connectivity index is 2.05. The van der Waals surface area contributed by atoms with E-state index in [1.165, 1.54) is 25.3 Å². The molecule has 0 fully saturated rings. The molecular formula is C19H18FNO3. The van der Waals surface area contributed by atoms with Gasteiger partial charge in [-0.3, -0.25) is 9.59 Å². The third-order valence-corrected chi connectivity index (χ3v) is 4.37. The third-order valence-electron chi connectivity index (χ3n) is 4.37. The molecular weight excluding hydrogens is 309 g/mol. The van der Waals surface area contributed by atoms with Gasteiger partial charge in [-0.25, -0.2) is 4.39 Å². The van der Waals surface area contributed by atoms with Crippen LogP contribution in [0.1, 0.15) is 35.2 Å². The first-order valence-corrected chi connectivity index (χ1v) is 7.78. The first-order valence-electron chi connectivity index (χ1n) is 7.78. The van der Waals surface area contributed by atoms with E-state index in [2.05, 4.69) is 0 Å². The lowest BCUT2D eigenvalue weighted by Gasteiger charge is -2.38. The number of benzene rings is 2. The van der Waals surface area contributed by atoms with Gasteiger partial charge in [-0.2, -0.15) is 0 Å². The maximum atomic E-state index is 13.5. The van der Waals surface area contributed by atoms with Crippen LogP contribution < -0.4 is 4.90 Å². The number of ether oxygens (including phenoxy) is 1. The number of amides is 1. The Bertz CT molecular complexity index is 790. The molecule has 0 N–H and O–H groups in total. The van der Waals surface area contributed by atoms with Crippen molar-refractivity contribution in [2.45, 2.75) is 25.3 Å². The van der Waals surface area contributed by atoms with Gasteiger partial charge in [-0.05, 0) is 43.2 Å². The second-order valence-corrected chi connectivity index (χ2v) is 5.90. The number of rotatable bonds is 2. The summed E-state index contributed by atoms with van der Waals surface area (Å²) in [7, 11) is 1.36. The van der Waals surface area contributed by atoms with Crippen molar-refractivity contribution in [3.8, 4) is 0 Å². The molecule has 24 heavy (non-hydrogen) atoms. The van der Waals surface area contributed by atoms with Gasteiger partial charge in [-0.15, -0.1) is 0 Å².